The molecule has 0 fully saturated rings. The van der Waals surface area contributed by atoms with Crippen LogP contribution in [0, 0.1) is 0 Å². The number of amides is 1. The summed E-state index contributed by atoms with van der Waals surface area (Å²) in [4.78, 5) is 21.4. The minimum Gasteiger partial charge on any atom is -0.368 e. The van der Waals surface area contributed by atoms with Crippen LogP contribution in [0.4, 0.5) is 0 Å². The van der Waals surface area contributed by atoms with Crippen molar-refractivity contribution >= 4 is 16.7 Å². The number of aromatic nitrogens is 2. The first-order chi connectivity index (χ1) is 15.2. The van der Waals surface area contributed by atoms with Gasteiger partial charge < -0.3 is 5.73 Å². The first-order valence-electron chi connectivity index (χ1n) is 10.5. The number of primary amides is 1. The Morgan fingerprint density at radius 2 is 1.65 bits per heavy atom. The number of carbonyl (C=O) groups excluding carboxylic acids is 1. The van der Waals surface area contributed by atoms with E-state index in [2.05, 4.69) is 33.5 Å². The number of pyridine rings is 2. The van der Waals surface area contributed by atoms with Crippen LogP contribution < -0.4 is 11.1 Å². The third kappa shape index (κ3) is 4.62. The number of fused-ring (bicyclic) bond motifs is 1. The average molecular weight is 411 g/mol. The molecule has 2 heterocycles. The SMILES string of the molecule is NC(=O)C(CCc1cccnc1)(NCCc1ccncc1)c1cccc2ccccc12. The van der Waals surface area contributed by atoms with E-state index in [1.807, 2.05) is 54.7 Å². The van der Waals surface area contributed by atoms with Gasteiger partial charge in [0.2, 0.25) is 5.91 Å². The van der Waals surface area contributed by atoms with Crippen molar-refractivity contribution in [2.24, 2.45) is 5.73 Å². The van der Waals surface area contributed by atoms with Gasteiger partial charge in [-0.1, -0.05) is 48.5 Å². The number of nitrogens with two attached hydrogens (primary N) is 1. The van der Waals surface area contributed by atoms with Crippen molar-refractivity contribution in [3.8, 4) is 0 Å². The van der Waals surface area contributed by atoms with Crippen molar-refractivity contribution in [2.75, 3.05) is 6.54 Å². The summed E-state index contributed by atoms with van der Waals surface area (Å²) in [6.07, 6.45) is 9.15. The van der Waals surface area contributed by atoms with Gasteiger partial charge in [-0.3, -0.25) is 20.1 Å². The van der Waals surface area contributed by atoms with E-state index >= 15 is 0 Å². The van der Waals surface area contributed by atoms with Gasteiger partial charge in [-0.2, -0.15) is 0 Å². The van der Waals surface area contributed by atoms with E-state index in [0.29, 0.717) is 19.4 Å². The Hall–Kier alpha value is -3.57. The van der Waals surface area contributed by atoms with E-state index in [1.165, 1.54) is 0 Å². The lowest BCUT2D eigenvalue weighted by Gasteiger charge is -2.34. The van der Waals surface area contributed by atoms with Gasteiger partial charge in [-0.15, -0.1) is 0 Å². The van der Waals surface area contributed by atoms with Crippen molar-refractivity contribution in [1.82, 2.24) is 15.3 Å². The van der Waals surface area contributed by atoms with Crippen molar-refractivity contribution < 1.29 is 4.79 Å². The van der Waals surface area contributed by atoms with Crippen LogP contribution in [0.15, 0.2) is 91.5 Å². The van der Waals surface area contributed by atoms with Gasteiger partial charge in [-0.05, 0) is 64.9 Å². The van der Waals surface area contributed by atoms with Gasteiger partial charge in [0.05, 0.1) is 0 Å². The maximum Gasteiger partial charge on any atom is 0.242 e. The number of rotatable bonds is 9. The molecule has 0 aliphatic heterocycles. The molecule has 0 radical (unpaired) electrons. The number of nitrogens with one attached hydrogen (secondary N) is 1. The molecule has 2 aromatic heterocycles. The zero-order valence-corrected chi connectivity index (χ0v) is 17.4. The normalized spacial score (nSPS) is 13.0. The predicted octanol–water partition coefficient (Wildman–Crippen LogP) is 3.78. The summed E-state index contributed by atoms with van der Waals surface area (Å²) in [6.45, 7) is 0.614. The first kappa shape index (κ1) is 20.7. The molecular weight excluding hydrogens is 384 g/mol. The van der Waals surface area contributed by atoms with Gasteiger partial charge in [0.15, 0.2) is 0 Å². The molecule has 0 saturated heterocycles. The summed E-state index contributed by atoms with van der Waals surface area (Å²) in [6, 6.07) is 22.1. The maximum atomic E-state index is 13.1. The highest BCUT2D eigenvalue weighted by molar-refractivity contribution is 5.95. The van der Waals surface area contributed by atoms with Gasteiger partial charge >= 0.3 is 0 Å². The van der Waals surface area contributed by atoms with Gasteiger partial charge in [-0.25, -0.2) is 0 Å². The van der Waals surface area contributed by atoms with Crippen LogP contribution in [0.3, 0.4) is 0 Å². The van der Waals surface area contributed by atoms with Crippen molar-refractivity contribution in [2.45, 2.75) is 24.8 Å². The maximum absolute atomic E-state index is 13.1. The third-order valence-electron chi connectivity index (χ3n) is 5.77. The fraction of sp³-hybridized carbons (Fsp3) is 0.192. The van der Waals surface area contributed by atoms with Crippen LogP contribution in [0.2, 0.25) is 0 Å². The van der Waals surface area contributed by atoms with Crippen LogP contribution in [0.1, 0.15) is 23.1 Å². The molecule has 0 aliphatic rings. The molecule has 4 rings (SSSR count). The highest BCUT2D eigenvalue weighted by atomic mass is 16.1. The summed E-state index contributed by atoms with van der Waals surface area (Å²) in [5.41, 5.74) is 8.26. The van der Waals surface area contributed by atoms with E-state index in [0.717, 1.165) is 33.9 Å². The minimum absolute atomic E-state index is 0.373. The number of nitrogens with zero attached hydrogens (tertiary/aromatic N) is 2. The van der Waals surface area contributed by atoms with E-state index in [4.69, 9.17) is 5.73 Å². The topological polar surface area (TPSA) is 80.9 Å². The highest BCUT2D eigenvalue weighted by Crippen LogP contribution is 2.33. The lowest BCUT2D eigenvalue weighted by Crippen LogP contribution is -2.53. The predicted molar refractivity (Wildman–Crippen MR) is 123 cm³/mol. The molecule has 1 unspecified atom stereocenters. The molecule has 1 amide bonds. The molecule has 4 aromatic rings. The number of aryl methyl sites for hydroxylation is 1. The smallest absolute Gasteiger partial charge is 0.242 e. The van der Waals surface area contributed by atoms with Crippen LogP contribution in [0.25, 0.3) is 10.8 Å². The molecule has 31 heavy (non-hydrogen) atoms. The Labute approximate surface area is 182 Å². The van der Waals surface area contributed by atoms with E-state index in [-0.39, 0.29) is 5.91 Å². The van der Waals surface area contributed by atoms with Crippen molar-refractivity contribution in [3.63, 3.8) is 0 Å². The Kier molecular flexibility index (Phi) is 6.34. The summed E-state index contributed by atoms with van der Waals surface area (Å²) in [5, 5.41) is 5.66. The second-order valence-electron chi connectivity index (χ2n) is 7.69. The minimum atomic E-state index is -0.996. The number of hydrogen-bond acceptors (Lipinski definition) is 4. The van der Waals surface area contributed by atoms with Crippen LogP contribution in [-0.4, -0.2) is 22.4 Å². The monoisotopic (exact) mass is 410 g/mol. The number of carbonyl (C=O) groups is 1. The molecule has 1 atom stereocenters. The zero-order chi connectivity index (χ0) is 21.5. The standard InChI is InChI=1S/C26H26N4O/c27-25(31)26(14-10-21-5-4-15-29-19-21,30-18-13-20-11-16-28-17-12-20)24-9-3-7-22-6-1-2-8-23(22)24/h1-9,11-12,15-17,19,30H,10,13-14,18H2,(H2,27,31). The first-order valence-corrected chi connectivity index (χ1v) is 10.5. The Balaban J connectivity index is 1.70. The second-order valence-corrected chi connectivity index (χ2v) is 7.69. The quantitative estimate of drug-likeness (QED) is 0.440. The molecule has 5 heteroatoms. The highest BCUT2D eigenvalue weighted by Gasteiger charge is 2.38. The fourth-order valence-electron chi connectivity index (χ4n) is 4.11. The van der Waals surface area contributed by atoms with E-state index in [9.17, 15) is 4.79 Å². The molecule has 0 bridgehead atoms. The van der Waals surface area contributed by atoms with Gasteiger partial charge in [0, 0.05) is 31.3 Å². The Morgan fingerprint density at radius 3 is 2.42 bits per heavy atom. The lowest BCUT2D eigenvalue weighted by atomic mass is 9.80. The largest absolute Gasteiger partial charge is 0.368 e. The molecule has 156 valence electrons. The van der Waals surface area contributed by atoms with Crippen LogP contribution in [-0.2, 0) is 23.2 Å². The molecule has 5 nitrogen and oxygen atoms in total. The van der Waals surface area contributed by atoms with Crippen molar-refractivity contribution in [1.29, 1.82) is 0 Å². The Bertz CT molecular complexity index is 1140. The van der Waals surface area contributed by atoms with Crippen LogP contribution in [0.5, 0.6) is 0 Å². The molecule has 0 saturated carbocycles. The third-order valence-corrected chi connectivity index (χ3v) is 5.77. The summed E-state index contributed by atoms with van der Waals surface area (Å²) < 4.78 is 0. The molecule has 0 aliphatic carbocycles. The summed E-state index contributed by atoms with van der Waals surface area (Å²) >= 11 is 0. The zero-order valence-electron chi connectivity index (χ0n) is 17.4. The van der Waals surface area contributed by atoms with Gasteiger partial charge in [0.25, 0.3) is 0 Å². The van der Waals surface area contributed by atoms with E-state index in [1.54, 1.807) is 18.6 Å². The Morgan fingerprint density at radius 1 is 0.839 bits per heavy atom. The van der Waals surface area contributed by atoms with Gasteiger partial charge in [0.1, 0.15) is 5.54 Å². The van der Waals surface area contributed by atoms with E-state index < -0.39 is 5.54 Å². The summed E-state index contributed by atoms with van der Waals surface area (Å²) in [7, 11) is 0. The molecular formula is C26H26N4O. The lowest BCUT2D eigenvalue weighted by molar-refractivity contribution is -0.125. The average Bonchev–Trinajstić information content (AvgIpc) is 2.82. The molecule has 0 spiro atoms. The second kappa shape index (κ2) is 9.49. The summed E-state index contributed by atoms with van der Waals surface area (Å²) in [5.74, 6) is -0.373. The number of benzene rings is 2. The number of hydrogen-bond donors (Lipinski definition) is 2. The molecule has 2 aromatic carbocycles. The molecule has 3 N–H and O–H groups in total. The van der Waals surface area contributed by atoms with Crippen molar-refractivity contribution in [3.05, 3.63) is 108 Å². The van der Waals surface area contributed by atoms with Crippen LogP contribution >= 0.6 is 0 Å². The fourth-order valence-corrected chi connectivity index (χ4v) is 4.11.